The van der Waals surface area contributed by atoms with Gasteiger partial charge in [0.25, 0.3) is 0 Å². The van der Waals surface area contributed by atoms with Crippen molar-refractivity contribution in [2.45, 2.75) is 52.5 Å². The van der Waals surface area contributed by atoms with Crippen molar-refractivity contribution in [1.29, 1.82) is 0 Å². The van der Waals surface area contributed by atoms with E-state index < -0.39 is 0 Å². The van der Waals surface area contributed by atoms with Crippen molar-refractivity contribution < 1.29 is 0 Å². The van der Waals surface area contributed by atoms with E-state index in [1.165, 1.54) is 0 Å². The van der Waals surface area contributed by atoms with Gasteiger partial charge >= 0.3 is 0 Å². The molecule has 2 heterocycles. The zero-order valence-electron chi connectivity index (χ0n) is 12.2. The number of rotatable bonds is 5. The smallest absolute Gasteiger partial charge is 0.160 e. The molecule has 2 aromatic rings. The lowest BCUT2D eigenvalue weighted by Crippen LogP contribution is -2.13. The summed E-state index contributed by atoms with van der Waals surface area (Å²) in [6.07, 6.45) is 2.33. The maximum absolute atomic E-state index is 6.28. The lowest BCUT2D eigenvalue weighted by Gasteiger charge is -2.16. The minimum Gasteiger partial charge on any atom is -0.311 e. The van der Waals surface area contributed by atoms with Crippen LogP contribution in [0.4, 0.5) is 0 Å². The van der Waals surface area contributed by atoms with Crippen molar-refractivity contribution in [2.24, 2.45) is 5.92 Å². The van der Waals surface area contributed by atoms with Gasteiger partial charge in [-0.25, -0.2) is 9.97 Å². The van der Waals surface area contributed by atoms with Crippen LogP contribution in [0.25, 0.3) is 11.2 Å². The van der Waals surface area contributed by atoms with Crippen molar-refractivity contribution >= 4 is 22.8 Å². The van der Waals surface area contributed by atoms with Gasteiger partial charge in [0, 0.05) is 12.2 Å². The van der Waals surface area contributed by atoms with E-state index in [1.54, 1.807) is 0 Å². The summed E-state index contributed by atoms with van der Waals surface area (Å²) in [7, 11) is 0. The fourth-order valence-corrected chi connectivity index (χ4v) is 2.57. The summed E-state index contributed by atoms with van der Waals surface area (Å²) in [6.45, 7) is 9.40. The highest BCUT2D eigenvalue weighted by Crippen LogP contribution is 2.26. The molecule has 0 bridgehead atoms. The Hall–Kier alpha value is -1.09. The first-order chi connectivity index (χ1) is 9.06. The van der Waals surface area contributed by atoms with Gasteiger partial charge in [0.05, 0.1) is 5.38 Å². The largest absolute Gasteiger partial charge is 0.311 e. The van der Waals surface area contributed by atoms with Gasteiger partial charge in [-0.2, -0.15) is 0 Å². The molecule has 0 aliphatic rings. The Morgan fingerprint density at radius 3 is 2.47 bits per heavy atom. The molecule has 1 unspecified atom stereocenters. The standard InChI is InChI=1S/C15H22ClN3/c1-5-12(6-2)9-19-14(11(4)16)18-13-8-7-10(3)17-15(13)19/h7-8,11-12H,5-6,9H2,1-4H3. The first-order valence-electron chi connectivity index (χ1n) is 7.04. The molecule has 4 heteroatoms. The summed E-state index contributed by atoms with van der Waals surface area (Å²) in [5.41, 5.74) is 2.93. The second kappa shape index (κ2) is 5.91. The van der Waals surface area contributed by atoms with Crippen LogP contribution < -0.4 is 0 Å². The number of hydrogen-bond acceptors (Lipinski definition) is 2. The van der Waals surface area contributed by atoms with Crippen LogP contribution in [0.2, 0.25) is 0 Å². The maximum Gasteiger partial charge on any atom is 0.160 e. The van der Waals surface area contributed by atoms with Gasteiger partial charge in [0.15, 0.2) is 5.65 Å². The third-order valence-corrected chi connectivity index (χ3v) is 3.91. The molecule has 19 heavy (non-hydrogen) atoms. The van der Waals surface area contributed by atoms with Crippen LogP contribution in [0.15, 0.2) is 12.1 Å². The number of aryl methyl sites for hydroxylation is 1. The van der Waals surface area contributed by atoms with Gasteiger partial charge in [-0.05, 0) is 31.9 Å². The summed E-state index contributed by atoms with van der Waals surface area (Å²) in [5, 5.41) is -0.0936. The van der Waals surface area contributed by atoms with Crippen molar-refractivity contribution in [2.75, 3.05) is 0 Å². The number of aromatic nitrogens is 3. The Morgan fingerprint density at radius 2 is 1.89 bits per heavy atom. The summed E-state index contributed by atoms with van der Waals surface area (Å²) in [6, 6.07) is 4.03. The molecular formula is C15H22ClN3. The minimum atomic E-state index is -0.0936. The highest BCUT2D eigenvalue weighted by Gasteiger charge is 2.18. The molecule has 0 amide bonds. The molecule has 1 atom stereocenters. The van der Waals surface area contributed by atoms with Crippen LogP contribution in [0.5, 0.6) is 0 Å². The molecule has 3 nitrogen and oxygen atoms in total. The van der Waals surface area contributed by atoms with Gasteiger partial charge in [0.2, 0.25) is 0 Å². The molecule has 0 saturated carbocycles. The molecule has 0 N–H and O–H groups in total. The predicted molar refractivity (Wildman–Crippen MR) is 80.6 cm³/mol. The molecule has 2 rings (SSSR count). The van der Waals surface area contributed by atoms with E-state index in [4.69, 9.17) is 11.6 Å². The summed E-state index contributed by atoms with van der Waals surface area (Å²) in [5.74, 6) is 1.58. The topological polar surface area (TPSA) is 30.7 Å². The van der Waals surface area contributed by atoms with E-state index in [-0.39, 0.29) is 5.38 Å². The fourth-order valence-electron chi connectivity index (χ4n) is 2.40. The number of fused-ring (bicyclic) bond motifs is 1. The van der Waals surface area contributed by atoms with Gasteiger partial charge < -0.3 is 4.57 Å². The highest BCUT2D eigenvalue weighted by molar-refractivity contribution is 6.20. The molecule has 0 spiro atoms. The van der Waals surface area contributed by atoms with Crippen LogP contribution in [0.1, 0.15) is 50.5 Å². The summed E-state index contributed by atoms with van der Waals surface area (Å²) in [4.78, 5) is 9.29. The normalized spacial score (nSPS) is 13.4. The van der Waals surface area contributed by atoms with E-state index in [0.29, 0.717) is 5.92 Å². The first kappa shape index (κ1) is 14.3. The van der Waals surface area contributed by atoms with Gasteiger partial charge in [0.1, 0.15) is 11.3 Å². The lowest BCUT2D eigenvalue weighted by atomic mass is 10.0. The molecule has 104 valence electrons. The number of hydrogen-bond donors (Lipinski definition) is 0. The van der Waals surface area contributed by atoms with Crippen LogP contribution >= 0.6 is 11.6 Å². The van der Waals surface area contributed by atoms with Crippen molar-refractivity contribution in [3.05, 3.63) is 23.7 Å². The SMILES string of the molecule is CCC(CC)Cn1c(C(C)Cl)nc2ccc(C)nc21. The number of imidazole rings is 1. The molecule has 0 aliphatic carbocycles. The van der Waals surface area contributed by atoms with E-state index in [2.05, 4.69) is 28.4 Å². The van der Waals surface area contributed by atoms with E-state index >= 15 is 0 Å². The Bertz CT molecular complexity index is 556. The number of halogens is 1. The van der Waals surface area contributed by atoms with Crippen molar-refractivity contribution in [1.82, 2.24) is 14.5 Å². The first-order valence-corrected chi connectivity index (χ1v) is 7.48. The molecule has 0 aromatic carbocycles. The quantitative estimate of drug-likeness (QED) is 0.756. The Balaban J connectivity index is 2.53. The average Bonchev–Trinajstić information content (AvgIpc) is 2.74. The second-order valence-corrected chi connectivity index (χ2v) is 5.83. The van der Waals surface area contributed by atoms with E-state index in [0.717, 1.165) is 42.1 Å². The van der Waals surface area contributed by atoms with E-state index in [9.17, 15) is 0 Å². The molecule has 0 fully saturated rings. The average molecular weight is 280 g/mol. The fraction of sp³-hybridized carbons (Fsp3) is 0.600. The summed E-state index contributed by atoms with van der Waals surface area (Å²) < 4.78 is 2.21. The summed E-state index contributed by atoms with van der Waals surface area (Å²) >= 11 is 6.28. The lowest BCUT2D eigenvalue weighted by molar-refractivity contribution is 0.415. The zero-order valence-corrected chi connectivity index (χ0v) is 12.9. The maximum atomic E-state index is 6.28. The molecule has 0 radical (unpaired) electrons. The van der Waals surface area contributed by atoms with Gasteiger partial charge in [-0.1, -0.05) is 26.7 Å². The highest BCUT2D eigenvalue weighted by atomic mass is 35.5. The molecule has 2 aromatic heterocycles. The minimum absolute atomic E-state index is 0.0936. The number of nitrogens with zero attached hydrogens (tertiary/aromatic N) is 3. The monoisotopic (exact) mass is 279 g/mol. The third kappa shape index (κ3) is 2.92. The molecule has 0 saturated heterocycles. The van der Waals surface area contributed by atoms with Crippen LogP contribution in [0.3, 0.4) is 0 Å². The van der Waals surface area contributed by atoms with Gasteiger partial charge in [-0.3, -0.25) is 0 Å². The Morgan fingerprint density at radius 1 is 1.21 bits per heavy atom. The second-order valence-electron chi connectivity index (χ2n) is 5.17. The van der Waals surface area contributed by atoms with Crippen LogP contribution in [0, 0.1) is 12.8 Å². The Kier molecular flexibility index (Phi) is 4.46. The van der Waals surface area contributed by atoms with E-state index in [1.807, 2.05) is 26.0 Å². The zero-order chi connectivity index (χ0) is 14.0. The number of pyridine rings is 1. The molecular weight excluding hydrogens is 258 g/mol. The van der Waals surface area contributed by atoms with Crippen LogP contribution in [-0.2, 0) is 6.54 Å². The van der Waals surface area contributed by atoms with Gasteiger partial charge in [-0.15, -0.1) is 11.6 Å². The van der Waals surface area contributed by atoms with Crippen molar-refractivity contribution in [3.63, 3.8) is 0 Å². The van der Waals surface area contributed by atoms with Crippen LogP contribution in [-0.4, -0.2) is 14.5 Å². The molecule has 0 aliphatic heterocycles. The third-order valence-electron chi connectivity index (χ3n) is 3.71. The van der Waals surface area contributed by atoms with Crippen molar-refractivity contribution in [3.8, 4) is 0 Å². The predicted octanol–water partition coefficient (Wildman–Crippen LogP) is 4.48. The Labute approximate surface area is 120 Å². The number of alkyl halides is 1.